The van der Waals surface area contributed by atoms with E-state index in [4.69, 9.17) is 13.9 Å². The molecule has 3 aromatic rings. The maximum absolute atomic E-state index is 13.6. The van der Waals surface area contributed by atoms with Crippen molar-refractivity contribution in [3.63, 3.8) is 0 Å². The number of nitrogens with zero attached hydrogens (tertiary/aromatic N) is 4. The molecule has 0 aliphatic carbocycles. The van der Waals surface area contributed by atoms with Gasteiger partial charge in [0.1, 0.15) is 5.60 Å². The second kappa shape index (κ2) is 9.54. The van der Waals surface area contributed by atoms with Crippen molar-refractivity contribution in [3.05, 3.63) is 22.5 Å². The van der Waals surface area contributed by atoms with Gasteiger partial charge in [-0.1, -0.05) is 0 Å². The number of alkyl halides is 3. The predicted octanol–water partition coefficient (Wildman–Crippen LogP) is 6.32. The van der Waals surface area contributed by atoms with Crippen molar-refractivity contribution in [2.75, 3.05) is 25.1 Å². The lowest BCUT2D eigenvalue weighted by atomic mass is 9.93. The molecule has 212 valence electrons. The number of rotatable bonds is 5. The summed E-state index contributed by atoms with van der Waals surface area (Å²) in [5.74, 6) is -0.478. The molecular weight excluding hydrogens is 537 g/mol. The number of methoxy groups -OCH3 is 1. The number of halogens is 3. The van der Waals surface area contributed by atoms with E-state index < -0.39 is 23.3 Å². The third-order valence-electron chi connectivity index (χ3n) is 7.05. The number of hydrogen-bond donors (Lipinski definition) is 0. The lowest BCUT2D eigenvalue weighted by Crippen LogP contribution is -2.56. The number of carbonyl (C=O) groups is 1. The lowest BCUT2D eigenvalue weighted by molar-refractivity contribution is -0.274. The van der Waals surface area contributed by atoms with E-state index >= 15 is 0 Å². The Morgan fingerprint density at radius 3 is 2.33 bits per heavy atom. The van der Waals surface area contributed by atoms with E-state index in [1.165, 1.54) is 18.4 Å². The molecule has 1 aromatic carbocycles. The van der Waals surface area contributed by atoms with E-state index in [0.29, 0.717) is 24.3 Å². The van der Waals surface area contributed by atoms with Crippen LogP contribution >= 0.6 is 11.3 Å². The number of piperazine rings is 1. The van der Waals surface area contributed by atoms with E-state index in [0.717, 1.165) is 12.8 Å². The Morgan fingerprint density at radius 1 is 1.13 bits per heavy atom. The number of anilines is 1. The molecule has 0 radical (unpaired) electrons. The van der Waals surface area contributed by atoms with Crippen LogP contribution in [0.15, 0.2) is 21.4 Å². The molecule has 39 heavy (non-hydrogen) atoms. The van der Waals surface area contributed by atoms with Gasteiger partial charge in [-0.2, -0.15) is 4.98 Å². The highest BCUT2D eigenvalue weighted by Gasteiger charge is 2.46. The average molecular weight is 569 g/mol. The number of thiazole rings is 1. The number of amides is 1. The monoisotopic (exact) mass is 568 g/mol. The second-order valence-corrected chi connectivity index (χ2v) is 12.0. The summed E-state index contributed by atoms with van der Waals surface area (Å²) in [5.41, 5.74) is 1.10. The molecule has 2 fully saturated rings. The fourth-order valence-corrected chi connectivity index (χ4v) is 5.72. The molecule has 0 saturated carbocycles. The molecule has 2 atom stereocenters. The summed E-state index contributed by atoms with van der Waals surface area (Å²) in [7, 11) is 1.41. The van der Waals surface area contributed by atoms with Crippen molar-refractivity contribution >= 4 is 34.5 Å². The first-order chi connectivity index (χ1) is 18.2. The zero-order valence-corrected chi connectivity index (χ0v) is 23.4. The minimum absolute atomic E-state index is 0.0742. The average Bonchev–Trinajstić information content (AvgIpc) is 3.55. The molecule has 9 nitrogen and oxygen atoms in total. The van der Waals surface area contributed by atoms with Gasteiger partial charge in [0.2, 0.25) is 0 Å². The molecule has 1 amide bonds. The summed E-state index contributed by atoms with van der Waals surface area (Å²) in [6.45, 7) is 9.57. The third-order valence-corrected chi connectivity index (χ3v) is 7.64. The Hall–Kier alpha value is -3.06. The molecule has 5 rings (SSSR count). The summed E-state index contributed by atoms with van der Waals surface area (Å²) < 4.78 is 62.8. The smallest absolute Gasteiger partial charge is 0.444 e. The van der Waals surface area contributed by atoms with Crippen LogP contribution in [0.3, 0.4) is 0 Å². The van der Waals surface area contributed by atoms with Crippen LogP contribution in [0.25, 0.3) is 22.4 Å². The molecule has 2 saturated heterocycles. The molecule has 2 aliphatic heterocycles. The van der Waals surface area contributed by atoms with Crippen LogP contribution in [0.2, 0.25) is 0 Å². The maximum Gasteiger partial charge on any atom is 0.573 e. The molecular formula is C26H31F3N4O5S. The van der Waals surface area contributed by atoms with Crippen molar-refractivity contribution in [3.8, 4) is 17.0 Å². The van der Waals surface area contributed by atoms with Crippen molar-refractivity contribution in [1.29, 1.82) is 0 Å². The van der Waals surface area contributed by atoms with Gasteiger partial charge in [-0.05, 0) is 53.5 Å². The van der Waals surface area contributed by atoms with Crippen LogP contribution in [-0.4, -0.2) is 65.2 Å². The van der Waals surface area contributed by atoms with Crippen LogP contribution < -0.4 is 9.64 Å². The fourth-order valence-electron chi connectivity index (χ4n) is 5.17. The van der Waals surface area contributed by atoms with Crippen LogP contribution in [0.1, 0.15) is 53.0 Å². The van der Waals surface area contributed by atoms with Gasteiger partial charge >= 0.3 is 12.5 Å². The van der Waals surface area contributed by atoms with Crippen LogP contribution in [-0.2, 0) is 15.1 Å². The largest absolute Gasteiger partial charge is 0.573 e. The maximum atomic E-state index is 13.6. The number of benzene rings is 1. The standard InChI is InChI=1S/C26H31F3N4O5S/c1-24(2,3)38-23(34)33-14-7-8-15(33)11-32(10-14)22-31-19-20(36-22)16(18-12-39-13-30-18)9-17(25(4,5)35-6)21(19)37-26(27,28)29/h9,12-15H,7-8,10-11H2,1-6H3. The number of aromatic nitrogens is 2. The highest BCUT2D eigenvalue weighted by molar-refractivity contribution is 7.07. The molecule has 2 unspecified atom stereocenters. The molecule has 0 spiro atoms. The number of carbonyl (C=O) groups excluding carboxylic acids is 1. The predicted molar refractivity (Wildman–Crippen MR) is 139 cm³/mol. The van der Waals surface area contributed by atoms with Crippen molar-refractivity contribution in [2.45, 2.75) is 77.1 Å². The van der Waals surface area contributed by atoms with Gasteiger partial charge in [-0.3, -0.25) is 4.90 Å². The summed E-state index contributed by atoms with van der Waals surface area (Å²) >= 11 is 1.35. The summed E-state index contributed by atoms with van der Waals surface area (Å²) in [5, 5.41) is 1.78. The minimum atomic E-state index is -4.97. The van der Waals surface area contributed by atoms with Crippen LogP contribution in [0.5, 0.6) is 5.75 Å². The Kier molecular flexibility index (Phi) is 6.73. The topological polar surface area (TPSA) is 90.2 Å². The lowest BCUT2D eigenvalue weighted by Gasteiger charge is -2.40. The molecule has 2 bridgehead atoms. The zero-order chi connectivity index (χ0) is 28.3. The van der Waals surface area contributed by atoms with E-state index in [1.54, 1.807) is 35.7 Å². The van der Waals surface area contributed by atoms with E-state index in [1.807, 2.05) is 25.7 Å². The fraction of sp³-hybridized carbons (Fsp3) is 0.577. The van der Waals surface area contributed by atoms with E-state index in [-0.39, 0.29) is 40.9 Å². The van der Waals surface area contributed by atoms with Gasteiger partial charge in [0.15, 0.2) is 16.8 Å². The highest BCUT2D eigenvalue weighted by Crippen LogP contribution is 2.46. The van der Waals surface area contributed by atoms with Gasteiger partial charge in [0.05, 0.1) is 28.9 Å². The summed E-state index contributed by atoms with van der Waals surface area (Å²) in [6.07, 6.45) is -3.78. The molecule has 2 aliphatic rings. The normalized spacial score (nSPS) is 20.1. The first-order valence-electron chi connectivity index (χ1n) is 12.6. The minimum Gasteiger partial charge on any atom is -0.444 e. The Labute approximate surface area is 227 Å². The molecule has 0 N–H and O–H groups in total. The number of oxazole rings is 1. The van der Waals surface area contributed by atoms with Crippen molar-refractivity contribution in [2.24, 2.45) is 0 Å². The number of hydrogen-bond acceptors (Lipinski definition) is 9. The van der Waals surface area contributed by atoms with Gasteiger partial charge < -0.3 is 23.5 Å². The molecule has 13 heteroatoms. The van der Waals surface area contributed by atoms with Crippen LogP contribution in [0.4, 0.5) is 24.0 Å². The SMILES string of the molecule is COC(C)(C)c1cc(-c2cscn2)c2oc(N3CC4CCC(C3)N4C(=O)OC(C)(C)C)nc2c1OC(F)(F)F. The van der Waals surface area contributed by atoms with E-state index in [2.05, 4.69) is 14.7 Å². The molecule has 4 heterocycles. The molecule has 2 aromatic heterocycles. The van der Waals surface area contributed by atoms with Gasteiger partial charge in [-0.25, -0.2) is 9.78 Å². The second-order valence-electron chi connectivity index (χ2n) is 11.3. The quantitative estimate of drug-likeness (QED) is 0.353. The van der Waals surface area contributed by atoms with Crippen molar-refractivity contribution < 1.29 is 36.6 Å². The number of fused-ring (bicyclic) bond motifs is 3. The van der Waals surface area contributed by atoms with Gasteiger partial charge in [0, 0.05) is 36.7 Å². The van der Waals surface area contributed by atoms with Crippen molar-refractivity contribution in [1.82, 2.24) is 14.9 Å². The first kappa shape index (κ1) is 27.5. The van der Waals surface area contributed by atoms with Crippen LogP contribution in [0, 0.1) is 0 Å². The first-order valence-corrected chi connectivity index (χ1v) is 13.5. The summed E-state index contributed by atoms with van der Waals surface area (Å²) in [6, 6.07) is 1.43. The van der Waals surface area contributed by atoms with E-state index in [9.17, 15) is 18.0 Å². The zero-order valence-electron chi connectivity index (χ0n) is 22.6. The Bertz CT molecular complexity index is 1350. The van der Waals surface area contributed by atoms with Gasteiger partial charge in [-0.15, -0.1) is 24.5 Å². The Balaban J connectivity index is 1.59. The number of ether oxygens (including phenoxy) is 3. The highest BCUT2D eigenvalue weighted by atomic mass is 32.1. The Morgan fingerprint density at radius 2 is 1.79 bits per heavy atom. The summed E-state index contributed by atoms with van der Waals surface area (Å²) in [4.78, 5) is 25.4. The third kappa shape index (κ3) is 5.38. The van der Waals surface area contributed by atoms with Gasteiger partial charge in [0.25, 0.3) is 6.01 Å².